The third-order valence-electron chi connectivity index (χ3n) is 4.11. The molecule has 0 radical (unpaired) electrons. The number of para-hydroxylation sites is 2. The number of carbonyl (C=O) groups excluding carboxylic acids is 1. The molecular formula is C15H22Cl2N4O. The number of rotatable bonds is 3. The summed E-state index contributed by atoms with van der Waals surface area (Å²) in [5, 5.41) is 2.98. The van der Waals surface area contributed by atoms with Gasteiger partial charge < -0.3 is 16.0 Å². The molecule has 1 heterocycles. The Morgan fingerprint density at radius 2 is 1.95 bits per heavy atom. The minimum atomic E-state index is -0.694. The molecule has 0 saturated heterocycles. The van der Waals surface area contributed by atoms with Crippen molar-refractivity contribution in [2.24, 2.45) is 5.73 Å². The average Bonchev–Trinajstić information content (AvgIpc) is 3.05. The van der Waals surface area contributed by atoms with Crippen LogP contribution in [0.1, 0.15) is 44.5 Å². The number of aromatic nitrogens is 2. The monoisotopic (exact) mass is 344 g/mol. The lowest BCUT2D eigenvalue weighted by Gasteiger charge is -2.24. The first-order valence-corrected chi connectivity index (χ1v) is 7.13. The van der Waals surface area contributed by atoms with E-state index in [1.54, 1.807) is 0 Å². The Kier molecular flexibility index (Phi) is 6.23. The summed E-state index contributed by atoms with van der Waals surface area (Å²) in [6.07, 6.45) is 3.60. The van der Waals surface area contributed by atoms with Gasteiger partial charge in [-0.05, 0) is 31.9 Å². The van der Waals surface area contributed by atoms with Gasteiger partial charge in [0.25, 0.3) is 0 Å². The van der Waals surface area contributed by atoms with E-state index in [2.05, 4.69) is 15.3 Å². The van der Waals surface area contributed by atoms with Crippen LogP contribution in [0.2, 0.25) is 0 Å². The molecule has 1 amide bonds. The molecule has 1 aliphatic rings. The fourth-order valence-electron chi connectivity index (χ4n) is 2.82. The first kappa shape index (κ1) is 18.7. The van der Waals surface area contributed by atoms with Gasteiger partial charge in [0, 0.05) is 0 Å². The van der Waals surface area contributed by atoms with Crippen molar-refractivity contribution < 1.29 is 4.79 Å². The Hall–Kier alpha value is -1.30. The molecule has 7 heteroatoms. The number of amides is 1. The summed E-state index contributed by atoms with van der Waals surface area (Å²) in [5.74, 6) is 0.698. The highest BCUT2D eigenvalue weighted by Crippen LogP contribution is 2.28. The van der Waals surface area contributed by atoms with E-state index in [1.807, 2.05) is 31.2 Å². The van der Waals surface area contributed by atoms with E-state index in [4.69, 9.17) is 5.73 Å². The molecule has 1 fully saturated rings. The largest absolute Gasteiger partial charge is 0.345 e. The zero-order valence-corrected chi connectivity index (χ0v) is 14.1. The number of nitrogens with one attached hydrogen (secondary N) is 2. The molecule has 0 aliphatic heterocycles. The second-order valence-corrected chi connectivity index (χ2v) is 5.70. The number of hydrogen-bond acceptors (Lipinski definition) is 3. The van der Waals surface area contributed by atoms with E-state index in [9.17, 15) is 4.79 Å². The Bertz CT molecular complexity index is 604. The van der Waals surface area contributed by atoms with E-state index < -0.39 is 5.54 Å². The fourth-order valence-corrected chi connectivity index (χ4v) is 2.82. The van der Waals surface area contributed by atoms with Crippen LogP contribution in [0, 0.1) is 0 Å². The highest BCUT2D eigenvalue weighted by Gasteiger charge is 2.37. The van der Waals surface area contributed by atoms with Gasteiger partial charge in [-0.25, -0.2) is 4.98 Å². The summed E-state index contributed by atoms with van der Waals surface area (Å²) in [7, 11) is 0. The van der Waals surface area contributed by atoms with Crippen molar-refractivity contribution in [3.63, 3.8) is 0 Å². The molecule has 2 aromatic rings. The summed E-state index contributed by atoms with van der Waals surface area (Å²) in [6.45, 7) is 1.92. The first-order chi connectivity index (χ1) is 9.58. The molecule has 0 spiro atoms. The zero-order chi connectivity index (χ0) is 14.2. The van der Waals surface area contributed by atoms with Crippen LogP contribution in [0.4, 0.5) is 0 Å². The minimum absolute atomic E-state index is 0. The molecule has 1 atom stereocenters. The van der Waals surface area contributed by atoms with Gasteiger partial charge in [-0.3, -0.25) is 4.79 Å². The van der Waals surface area contributed by atoms with Gasteiger partial charge >= 0.3 is 0 Å². The van der Waals surface area contributed by atoms with Crippen molar-refractivity contribution in [3.8, 4) is 0 Å². The second-order valence-electron chi connectivity index (χ2n) is 5.70. The van der Waals surface area contributed by atoms with Crippen molar-refractivity contribution in [2.75, 3.05) is 0 Å². The van der Waals surface area contributed by atoms with Crippen LogP contribution in [0.3, 0.4) is 0 Å². The van der Waals surface area contributed by atoms with Gasteiger partial charge in [-0.2, -0.15) is 0 Å². The molecule has 22 heavy (non-hydrogen) atoms. The number of benzene rings is 1. The topological polar surface area (TPSA) is 83.8 Å². The molecule has 4 N–H and O–H groups in total. The van der Waals surface area contributed by atoms with E-state index in [0.717, 1.165) is 42.5 Å². The van der Waals surface area contributed by atoms with Gasteiger partial charge in [0.2, 0.25) is 5.91 Å². The van der Waals surface area contributed by atoms with Crippen molar-refractivity contribution in [1.29, 1.82) is 0 Å². The van der Waals surface area contributed by atoms with Crippen LogP contribution in [-0.2, 0) is 4.79 Å². The molecule has 122 valence electrons. The fraction of sp³-hybridized carbons (Fsp3) is 0.467. The quantitative estimate of drug-likeness (QED) is 0.800. The van der Waals surface area contributed by atoms with Crippen molar-refractivity contribution in [3.05, 3.63) is 30.1 Å². The Morgan fingerprint density at radius 3 is 2.59 bits per heavy atom. The van der Waals surface area contributed by atoms with Crippen LogP contribution in [0.15, 0.2) is 24.3 Å². The predicted octanol–water partition coefficient (Wildman–Crippen LogP) is 2.86. The molecule has 1 aromatic carbocycles. The van der Waals surface area contributed by atoms with Gasteiger partial charge in [-0.1, -0.05) is 25.0 Å². The number of carbonyl (C=O) groups is 1. The maximum Gasteiger partial charge on any atom is 0.240 e. The lowest BCUT2D eigenvalue weighted by Crippen LogP contribution is -2.52. The normalized spacial score (nSPS) is 17.4. The van der Waals surface area contributed by atoms with E-state index in [1.165, 1.54) is 0 Å². The molecule has 0 bridgehead atoms. The average molecular weight is 345 g/mol. The van der Waals surface area contributed by atoms with Gasteiger partial charge in [0.15, 0.2) is 0 Å². The lowest BCUT2D eigenvalue weighted by atomic mass is 9.98. The smallest absolute Gasteiger partial charge is 0.240 e. The molecule has 1 aliphatic carbocycles. The maximum atomic E-state index is 12.3. The summed E-state index contributed by atoms with van der Waals surface area (Å²) in [6, 6.07) is 7.66. The molecule has 1 unspecified atom stereocenters. The first-order valence-electron chi connectivity index (χ1n) is 7.13. The Morgan fingerprint density at radius 1 is 1.32 bits per heavy atom. The van der Waals surface area contributed by atoms with E-state index in [0.29, 0.717) is 0 Å². The third kappa shape index (κ3) is 3.54. The summed E-state index contributed by atoms with van der Waals surface area (Å²) in [4.78, 5) is 20.0. The lowest BCUT2D eigenvalue weighted by molar-refractivity contribution is -0.126. The molecular weight excluding hydrogens is 323 g/mol. The van der Waals surface area contributed by atoms with E-state index in [-0.39, 0.29) is 36.8 Å². The zero-order valence-electron chi connectivity index (χ0n) is 12.5. The van der Waals surface area contributed by atoms with Crippen molar-refractivity contribution in [1.82, 2.24) is 15.3 Å². The number of aromatic amines is 1. The summed E-state index contributed by atoms with van der Waals surface area (Å²) < 4.78 is 0. The molecule has 1 aromatic heterocycles. The number of imidazole rings is 1. The molecule has 5 nitrogen and oxygen atoms in total. The number of halogens is 2. The van der Waals surface area contributed by atoms with Gasteiger partial charge in [0.1, 0.15) is 5.82 Å². The van der Waals surface area contributed by atoms with Crippen LogP contribution < -0.4 is 11.1 Å². The number of nitrogens with zero attached hydrogens (tertiary/aromatic N) is 1. The van der Waals surface area contributed by atoms with Crippen LogP contribution in [0.25, 0.3) is 11.0 Å². The van der Waals surface area contributed by atoms with E-state index >= 15 is 0 Å². The number of hydrogen-bond donors (Lipinski definition) is 3. The highest BCUT2D eigenvalue weighted by atomic mass is 35.5. The van der Waals surface area contributed by atoms with Gasteiger partial charge in [-0.15, -0.1) is 24.8 Å². The number of nitrogens with two attached hydrogens (primary N) is 1. The third-order valence-corrected chi connectivity index (χ3v) is 4.11. The maximum absolute atomic E-state index is 12.3. The van der Waals surface area contributed by atoms with Crippen molar-refractivity contribution >= 4 is 41.8 Å². The second kappa shape index (κ2) is 7.31. The summed E-state index contributed by atoms with van der Waals surface area (Å²) >= 11 is 0. The predicted molar refractivity (Wildman–Crippen MR) is 92.5 cm³/mol. The number of fused-ring (bicyclic) bond motifs is 1. The summed E-state index contributed by atoms with van der Waals surface area (Å²) in [5.41, 5.74) is 7.36. The standard InChI is InChI=1S/C15H20N4O.2ClH/c1-10(17-14(20)15(16)8-4-5-9-15)13-18-11-6-2-3-7-12(11)19-13;;/h2-3,6-7,10H,4-5,8-9,16H2,1H3,(H,17,20)(H,18,19);2*1H. The SMILES string of the molecule is CC(NC(=O)C1(N)CCCC1)c1nc2ccccc2[nH]1.Cl.Cl. The molecule has 1 saturated carbocycles. The van der Waals surface area contributed by atoms with Crippen LogP contribution >= 0.6 is 24.8 Å². The van der Waals surface area contributed by atoms with Crippen LogP contribution in [-0.4, -0.2) is 21.4 Å². The minimum Gasteiger partial charge on any atom is -0.345 e. The number of H-pyrrole nitrogens is 1. The van der Waals surface area contributed by atoms with Crippen molar-refractivity contribution in [2.45, 2.75) is 44.2 Å². The Labute approximate surface area is 142 Å². The highest BCUT2D eigenvalue weighted by molar-refractivity contribution is 5.86. The van der Waals surface area contributed by atoms with Crippen LogP contribution in [0.5, 0.6) is 0 Å². The Balaban J connectivity index is 0.00000121. The molecule has 3 rings (SSSR count). The van der Waals surface area contributed by atoms with Gasteiger partial charge in [0.05, 0.1) is 22.6 Å².